The van der Waals surface area contributed by atoms with Crippen LogP contribution < -0.4 is 5.56 Å². The highest BCUT2D eigenvalue weighted by molar-refractivity contribution is 7.98. The quantitative estimate of drug-likeness (QED) is 0.680. The Kier molecular flexibility index (Phi) is 4.68. The first-order valence-corrected chi connectivity index (χ1v) is 8.64. The first kappa shape index (κ1) is 16.3. The molecule has 0 aliphatic heterocycles. The van der Waals surface area contributed by atoms with E-state index in [0.29, 0.717) is 22.5 Å². The lowest BCUT2D eigenvalue weighted by Crippen LogP contribution is -2.24. The third-order valence-corrected chi connectivity index (χ3v) is 5.02. The molecule has 0 atom stereocenters. The van der Waals surface area contributed by atoms with Crippen molar-refractivity contribution in [3.63, 3.8) is 0 Å². The lowest BCUT2D eigenvalue weighted by Gasteiger charge is -2.12. The smallest absolute Gasteiger partial charge is 0.262 e. The third-order valence-electron chi connectivity index (χ3n) is 3.87. The highest BCUT2D eigenvalue weighted by Crippen LogP contribution is 2.26. The Morgan fingerprint density at radius 3 is 2.79 bits per heavy atom. The molecule has 1 aromatic heterocycles. The maximum absolute atomic E-state index is 12.6. The summed E-state index contributed by atoms with van der Waals surface area (Å²) in [4.78, 5) is 18.4. The molecular weight excluding hydrogens is 318 g/mol. The van der Waals surface area contributed by atoms with Gasteiger partial charge in [-0.05, 0) is 37.6 Å². The van der Waals surface area contributed by atoms with Gasteiger partial charge in [0.2, 0.25) is 0 Å². The third kappa shape index (κ3) is 3.19. The van der Waals surface area contributed by atoms with Gasteiger partial charge in [0, 0.05) is 4.90 Å². The fraction of sp³-hybridized carbons (Fsp3) is 0.211. The Morgan fingerprint density at radius 2 is 2.00 bits per heavy atom. The SMILES string of the molecule is Cc1ccc(C)c(SCc2nc3ccccc3c(=O)n2CC#N)c1. The molecule has 0 saturated heterocycles. The lowest BCUT2D eigenvalue weighted by atomic mass is 10.2. The summed E-state index contributed by atoms with van der Waals surface area (Å²) in [5.41, 5.74) is 2.91. The van der Waals surface area contributed by atoms with Gasteiger partial charge in [0.15, 0.2) is 0 Å². The van der Waals surface area contributed by atoms with Gasteiger partial charge in [-0.15, -0.1) is 11.8 Å². The molecule has 24 heavy (non-hydrogen) atoms. The zero-order valence-electron chi connectivity index (χ0n) is 13.6. The first-order valence-electron chi connectivity index (χ1n) is 7.65. The summed E-state index contributed by atoms with van der Waals surface area (Å²) in [5.74, 6) is 1.18. The molecule has 1 heterocycles. The van der Waals surface area contributed by atoms with E-state index in [9.17, 15) is 4.79 Å². The Balaban J connectivity index is 2.02. The Hall–Kier alpha value is -2.58. The van der Waals surface area contributed by atoms with Crippen molar-refractivity contribution in [3.8, 4) is 6.07 Å². The highest BCUT2D eigenvalue weighted by Gasteiger charge is 2.11. The van der Waals surface area contributed by atoms with Crippen molar-refractivity contribution < 1.29 is 0 Å². The minimum Gasteiger partial charge on any atom is -0.281 e. The molecule has 0 fully saturated rings. The summed E-state index contributed by atoms with van der Waals surface area (Å²) in [6.45, 7) is 4.14. The van der Waals surface area contributed by atoms with Gasteiger partial charge in [-0.25, -0.2) is 4.98 Å². The number of para-hydroxylation sites is 1. The summed E-state index contributed by atoms with van der Waals surface area (Å²) in [5, 5.41) is 9.61. The van der Waals surface area contributed by atoms with Crippen molar-refractivity contribution in [1.29, 1.82) is 5.26 Å². The molecule has 0 unspecified atom stereocenters. The van der Waals surface area contributed by atoms with Gasteiger partial charge in [0.25, 0.3) is 5.56 Å². The molecule has 3 aromatic rings. The van der Waals surface area contributed by atoms with Gasteiger partial charge < -0.3 is 0 Å². The van der Waals surface area contributed by atoms with Crippen LogP contribution in [-0.4, -0.2) is 9.55 Å². The van der Waals surface area contributed by atoms with E-state index in [1.807, 2.05) is 18.2 Å². The molecule has 0 radical (unpaired) electrons. The van der Waals surface area contributed by atoms with Crippen molar-refractivity contribution in [2.45, 2.75) is 31.0 Å². The van der Waals surface area contributed by atoms with Crippen LogP contribution in [-0.2, 0) is 12.3 Å². The van der Waals surface area contributed by atoms with E-state index in [0.717, 1.165) is 0 Å². The van der Waals surface area contributed by atoms with E-state index < -0.39 is 0 Å². The molecule has 120 valence electrons. The van der Waals surface area contributed by atoms with Crippen LogP contribution >= 0.6 is 11.8 Å². The largest absolute Gasteiger partial charge is 0.281 e. The molecule has 0 bridgehead atoms. The summed E-state index contributed by atoms with van der Waals surface area (Å²) < 4.78 is 1.47. The minimum atomic E-state index is -0.154. The van der Waals surface area contributed by atoms with Gasteiger partial charge in [-0.2, -0.15) is 5.26 Å². The second-order valence-corrected chi connectivity index (χ2v) is 6.67. The molecule has 4 nitrogen and oxygen atoms in total. The van der Waals surface area contributed by atoms with Gasteiger partial charge in [0.1, 0.15) is 12.4 Å². The second-order valence-electron chi connectivity index (χ2n) is 5.65. The van der Waals surface area contributed by atoms with Gasteiger partial charge in [-0.1, -0.05) is 29.8 Å². The minimum absolute atomic E-state index is 0.0133. The number of benzene rings is 2. The zero-order chi connectivity index (χ0) is 17.1. The average Bonchev–Trinajstić information content (AvgIpc) is 2.58. The van der Waals surface area contributed by atoms with E-state index in [1.165, 1.54) is 20.6 Å². The predicted octanol–water partition coefficient (Wildman–Crippen LogP) is 3.83. The number of hydrogen-bond acceptors (Lipinski definition) is 4. The van der Waals surface area contributed by atoms with Gasteiger partial charge >= 0.3 is 0 Å². The van der Waals surface area contributed by atoms with Crippen molar-refractivity contribution in [1.82, 2.24) is 9.55 Å². The number of rotatable bonds is 4. The fourth-order valence-corrected chi connectivity index (χ4v) is 3.63. The molecule has 2 aromatic carbocycles. The van der Waals surface area contributed by atoms with Crippen molar-refractivity contribution in [3.05, 3.63) is 69.8 Å². The molecule has 0 aliphatic carbocycles. The Labute approximate surface area is 144 Å². The van der Waals surface area contributed by atoms with E-state index in [1.54, 1.807) is 17.8 Å². The first-order chi connectivity index (χ1) is 11.6. The highest BCUT2D eigenvalue weighted by atomic mass is 32.2. The molecular formula is C19H17N3OS. The van der Waals surface area contributed by atoms with Crippen molar-refractivity contribution in [2.24, 2.45) is 0 Å². The van der Waals surface area contributed by atoms with E-state index in [4.69, 9.17) is 5.26 Å². The van der Waals surface area contributed by atoms with Crippen LogP contribution in [0, 0.1) is 25.2 Å². The van der Waals surface area contributed by atoms with Gasteiger partial charge in [0.05, 0.1) is 22.7 Å². The molecule has 5 heteroatoms. The van der Waals surface area contributed by atoms with Crippen molar-refractivity contribution in [2.75, 3.05) is 0 Å². The predicted molar refractivity (Wildman–Crippen MR) is 97.1 cm³/mol. The maximum Gasteiger partial charge on any atom is 0.262 e. The molecule has 0 aliphatic rings. The van der Waals surface area contributed by atoms with Crippen molar-refractivity contribution >= 4 is 22.7 Å². The van der Waals surface area contributed by atoms with Crippen LogP contribution in [0.4, 0.5) is 0 Å². The molecule has 0 spiro atoms. The van der Waals surface area contributed by atoms with Crippen LogP contribution in [0.15, 0.2) is 52.2 Å². The zero-order valence-corrected chi connectivity index (χ0v) is 14.4. The summed E-state index contributed by atoms with van der Waals surface area (Å²) >= 11 is 1.64. The van der Waals surface area contributed by atoms with E-state index >= 15 is 0 Å². The van der Waals surface area contributed by atoms with Crippen LogP contribution in [0.25, 0.3) is 10.9 Å². The monoisotopic (exact) mass is 335 g/mol. The number of aryl methyl sites for hydroxylation is 2. The Bertz CT molecular complexity index is 1000. The summed E-state index contributed by atoms with van der Waals surface area (Å²) in [7, 11) is 0. The van der Waals surface area contributed by atoms with E-state index in [-0.39, 0.29) is 12.1 Å². The number of nitrogens with zero attached hydrogens (tertiary/aromatic N) is 3. The molecule has 0 amide bonds. The lowest BCUT2D eigenvalue weighted by molar-refractivity contribution is 0.730. The number of thioether (sulfide) groups is 1. The standard InChI is InChI=1S/C19H17N3OS/c1-13-7-8-14(2)17(11-13)24-12-18-21-16-6-4-3-5-15(16)19(23)22(18)10-9-20/h3-8,11H,10,12H2,1-2H3. The normalized spacial score (nSPS) is 10.7. The molecule has 3 rings (SSSR count). The summed E-state index contributed by atoms with van der Waals surface area (Å²) in [6, 6.07) is 15.6. The van der Waals surface area contributed by atoms with Crippen LogP contribution in [0.1, 0.15) is 17.0 Å². The molecule has 0 saturated carbocycles. The van der Waals surface area contributed by atoms with Crippen LogP contribution in [0.2, 0.25) is 0 Å². The fourth-order valence-electron chi connectivity index (χ4n) is 2.56. The molecule has 0 N–H and O–H groups in total. The number of hydrogen-bond donors (Lipinski definition) is 0. The average molecular weight is 335 g/mol. The summed E-state index contributed by atoms with van der Waals surface area (Å²) in [6.07, 6.45) is 0. The Morgan fingerprint density at radius 1 is 1.21 bits per heavy atom. The van der Waals surface area contributed by atoms with Gasteiger partial charge in [-0.3, -0.25) is 9.36 Å². The number of aromatic nitrogens is 2. The second kappa shape index (κ2) is 6.90. The van der Waals surface area contributed by atoms with Crippen LogP contribution in [0.3, 0.4) is 0 Å². The maximum atomic E-state index is 12.6. The topological polar surface area (TPSA) is 58.7 Å². The number of nitriles is 1. The van der Waals surface area contributed by atoms with E-state index in [2.05, 4.69) is 43.1 Å². The number of fused-ring (bicyclic) bond motifs is 1. The van der Waals surface area contributed by atoms with Crippen LogP contribution in [0.5, 0.6) is 0 Å².